The minimum atomic E-state index is 0.649. The molecule has 80 valence electrons. The maximum Gasteiger partial charge on any atom is 0.0748 e. The summed E-state index contributed by atoms with van der Waals surface area (Å²) in [6.07, 6.45) is 5.12. The molecule has 0 atom stereocenters. The third kappa shape index (κ3) is 2.81. The molecule has 0 aliphatic heterocycles. The molecule has 14 heavy (non-hydrogen) atoms. The van der Waals surface area contributed by atoms with Crippen molar-refractivity contribution < 1.29 is 0 Å². The second-order valence-electron chi connectivity index (χ2n) is 3.56. The first kappa shape index (κ1) is 12.2. The summed E-state index contributed by atoms with van der Waals surface area (Å²) in [5, 5.41) is 0. The number of nitrogens with two attached hydrogens (primary N) is 1. The Hall–Kier alpha value is 0.140. The summed E-state index contributed by atoms with van der Waals surface area (Å²) < 4.78 is 1.23. The van der Waals surface area contributed by atoms with Crippen molar-refractivity contribution in [3.8, 4) is 0 Å². The van der Waals surface area contributed by atoms with E-state index in [1.54, 1.807) is 0 Å². The van der Waals surface area contributed by atoms with E-state index < -0.39 is 0 Å². The second-order valence-corrected chi connectivity index (χ2v) is 5.99. The molecule has 0 saturated carbocycles. The Morgan fingerprint density at radius 3 is 2.57 bits per heavy atom. The first-order valence-electron chi connectivity index (χ1n) is 5.17. The van der Waals surface area contributed by atoms with Crippen molar-refractivity contribution >= 4 is 27.3 Å². The summed E-state index contributed by atoms with van der Waals surface area (Å²) in [6.45, 7) is 5.07. The predicted molar refractivity (Wildman–Crippen MR) is 67.9 cm³/mol. The number of hydrogen-bond donors (Lipinski definition) is 1. The number of unbranched alkanes of at least 4 members (excludes halogenated alkanes) is 2. The number of hydrogen-bond acceptors (Lipinski definition) is 2. The van der Waals surface area contributed by atoms with Crippen LogP contribution in [0.4, 0.5) is 0 Å². The van der Waals surface area contributed by atoms with Crippen LogP contribution in [0.25, 0.3) is 0 Å². The minimum absolute atomic E-state index is 0.649. The lowest BCUT2D eigenvalue weighted by Gasteiger charge is -1.99. The Balaban J connectivity index is 2.68. The fraction of sp³-hybridized carbons (Fsp3) is 0.636. The highest BCUT2D eigenvalue weighted by molar-refractivity contribution is 9.11. The predicted octanol–water partition coefficient (Wildman–Crippen LogP) is 4.01. The SMILES string of the molecule is CCCCCc1sc(Br)c(CN)c1C. The van der Waals surface area contributed by atoms with Crippen LogP contribution in [-0.4, -0.2) is 0 Å². The van der Waals surface area contributed by atoms with Gasteiger partial charge in [0.1, 0.15) is 0 Å². The summed E-state index contributed by atoms with van der Waals surface area (Å²) >= 11 is 5.43. The van der Waals surface area contributed by atoms with Gasteiger partial charge in [0.2, 0.25) is 0 Å². The van der Waals surface area contributed by atoms with Gasteiger partial charge in [-0.2, -0.15) is 0 Å². The lowest BCUT2D eigenvalue weighted by molar-refractivity contribution is 0.720. The maximum absolute atomic E-state index is 5.70. The molecule has 3 heteroatoms. The van der Waals surface area contributed by atoms with E-state index in [0.29, 0.717) is 6.54 Å². The highest BCUT2D eigenvalue weighted by atomic mass is 79.9. The molecule has 0 aromatic carbocycles. The first-order valence-corrected chi connectivity index (χ1v) is 6.78. The van der Waals surface area contributed by atoms with Gasteiger partial charge in [0.25, 0.3) is 0 Å². The molecule has 1 aromatic rings. The Morgan fingerprint density at radius 2 is 2.07 bits per heavy atom. The van der Waals surface area contributed by atoms with Crippen LogP contribution in [0.3, 0.4) is 0 Å². The molecule has 0 saturated heterocycles. The van der Waals surface area contributed by atoms with Crippen molar-refractivity contribution in [3.63, 3.8) is 0 Å². The fourth-order valence-electron chi connectivity index (χ4n) is 1.57. The molecule has 0 radical (unpaired) electrons. The highest BCUT2D eigenvalue weighted by Gasteiger charge is 2.10. The van der Waals surface area contributed by atoms with Gasteiger partial charge in [0.15, 0.2) is 0 Å². The quantitative estimate of drug-likeness (QED) is 0.808. The van der Waals surface area contributed by atoms with Crippen molar-refractivity contribution in [2.75, 3.05) is 0 Å². The van der Waals surface area contributed by atoms with Gasteiger partial charge in [0, 0.05) is 11.4 Å². The molecule has 0 unspecified atom stereocenters. The van der Waals surface area contributed by atoms with Crippen LogP contribution in [0.15, 0.2) is 3.79 Å². The summed E-state index contributed by atoms with van der Waals surface area (Å²) in [5.74, 6) is 0. The summed E-state index contributed by atoms with van der Waals surface area (Å²) in [4.78, 5) is 1.51. The average Bonchev–Trinajstić information content (AvgIpc) is 2.42. The standard InChI is InChI=1S/C11H18BrNS/c1-3-4-5-6-10-8(2)9(7-13)11(12)14-10/h3-7,13H2,1-2H3. The Kier molecular flexibility index (Phi) is 5.13. The number of rotatable bonds is 5. The molecule has 0 bridgehead atoms. The molecule has 1 heterocycles. The number of aryl methyl sites for hydroxylation is 1. The molecule has 0 aliphatic carbocycles. The van der Waals surface area contributed by atoms with E-state index in [1.165, 1.54) is 45.5 Å². The van der Waals surface area contributed by atoms with Gasteiger partial charge in [-0.15, -0.1) is 11.3 Å². The Bertz CT molecular complexity index is 294. The third-order valence-electron chi connectivity index (χ3n) is 2.53. The summed E-state index contributed by atoms with van der Waals surface area (Å²) in [6, 6.07) is 0. The van der Waals surface area contributed by atoms with Crippen LogP contribution in [0.2, 0.25) is 0 Å². The van der Waals surface area contributed by atoms with Crippen LogP contribution in [0.5, 0.6) is 0 Å². The van der Waals surface area contributed by atoms with E-state index in [4.69, 9.17) is 5.73 Å². The van der Waals surface area contributed by atoms with Crippen molar-refractivity contribution in [2.45, 2.75) is 46.1 Å². The van der Waals surface area contributed by atoms with E-state index in [-0.39, 0.29) is 0 Å². The zero-order chi connectivity index (χ0) is 10.6. The first-order chi connectivity index (χ1) is 6.70. The molecular weight excluding hydrogens is 258 g/mol. The van der Waals surface area contributed by atoms with Crippen LogP contribution >= 0.6 is 27.3 Å². The Labute approximate surface area is 98.8 Å². The highest BCUT2D eigenvalue weighted by Crippen LogP contribution is 2.33. The molecule has 0 amide bonds. The van der Waals surface area contributed by atoms with Crippen LogP contribution in [0.1, 0.15) is 42.2 Å². The van der Waals surface area contributed by atoms with Crippen molar-refractivity contribution in [1.82, 2.24) is 0 Å². The van der Waals surface area contributed by atoms with Crippen molar-refractivity contribution in [1.29, 1.82) is 0 Å². The lowest BCUT2D eigenvalue weighted by Crippen LogP contribution is -1.97. The fourth-order valence-corrected chi connectivity index (χ4v) is 3.71. The largest absolute Gasteiger partial charge is 0.326 e. The average molecular weight is 276 g/mol. The van der Waals surface area contributed by atoms with Gasteiger partial charge < -0.3 is 5.73 Å². The summed E-state index contributed by atoms with van der Waals surface area (Å²) in [7, 11) is 0. The normalized spacial score (nSPS) is 10.9. The smallest absolute Gasteiger partial charge is 0.0748 e. The maximum atomic E-state index is 5.70. The zero-order valence-electron chi connectivity index (χ0n) is 8.90. The van der Waals surface area contributed by atoms with Gasteiger partial charge >= 0.3 is 0 Å². The van der Waals surface area contributed by atoms with E-state index in [9.17, 15) is 0 Å². The molecule has 0 spiro atoms. The Morgan fingerprint density at radius 1 is 1.36 bits per heavy atom. The molecular formula is C11H18BrNS. The topological polar surface area (TPSA) is 26.0 Å². The summed E-state index contributed by atoms with van der Waals surface area (Å²) in [5.41, 5.74) is 8.39. The van der Waals surface area contributed by atoms with E-state index in [2.05, 4.69) is 29.8 Å². The van der Waals surface area contributed by atoms with Crippen molar-refractivity contribution in [3.05, 3.63) is 19.8 Å². The molecule has 0 fully saturated rings. The van der Waals surface area contributed by atoms with Crippen LogP contribution in [-0.2, 0) is 13.0 Å². The molecule has 1 nitrogen and oxygen atoms in total. The lowest BCUT2D eigenvalue weighted by atomic mass is 10.1. The molecule has 0 aliphatic rings. The van der Waals surface area contributed by atoms with Gasteiger partial charge in [-0.3, -0.25) is 0 Å². The molecule has 2 N–H and O–H groups in total. The third-order valence-corrected chi connectivity index (χ3v) is 4.68. The molecule has 1 aromatic heterocycles. The second kappa shape index (κ2) is 5.89. The van der Waals surface area contributed by atoms with E-state index >= 15 is 0 Å². The monoisotopic (exact) mass is 275 g/mol. The van der Waals surface area contributed by atoms with Gasteiger partial charge in [-0.1, -0.05) is 19.8 Å². The van der Waals surface area contributed by atoms with E-state index in [1.807, 2.05) is 11.3 Å². The minimum Gasteiger partial charge on any atom is -0.326 e. The van der Waals surface area contributed by atoms with Gasteiger partial charge in [0.05, 0.1) is 3.79 Å². The van der Waals surface area contributed by atoms with Gasteiger partial charge in [-0.25, -0.2) is 0 Å². The number of thiophene rings is 1. The molecule has 1 rings (SSSR count). The van der Waals surface area contributed by atoms with E-state index in [0.717, 1.165) is 0 Å². The van der Waals surface area contributed by atoms with Crippen molar-refractivity contribution in [2.24, 2.45) is 5.73 Å². The van der Waals surface area contributed by atoms with Crippen LogP contribution < -0.4 is 5.73 Å². The number of halogens is 1. The zero-order valence-corrected chi connectivity index (χ0v) is 11.3. The van der Waals surface area contributed by atoms with Gasteiger partial charge in [-0.05, 0) is 46.8 Å². The van der Waals surface area contributed by atoms with Crippen LogP contribution in [0, 0.1) is 6.92 Å².